The Labute approximate surface area is 162 Å². The number of hydrogen-bond donors (Lipinski definition) is 0. The van der Waals surface area contributed by atoms with Gasteiger partial charge in [0.25, 0.3) is 0 Å². The first kappa shape index (κ1) is 18.7. The largest absolute Gasteiger partial charge is 0.204 e. The standard InChI is InChI=1S/C25H30F2/c1-2-3-17-4-5-22-15-21(11-10-20(22)14-17)18-6-8-19(9-7-18)23-12-13-24(26)25(27)16-23/h6-9,12-13,16-17,20-22H,2-5,10-11,14-15H2,1H3. The van der Waals surface area contributed by atoms with Crippen LogP contribution in [0.4, 0.5) is 8.78 Å². The summed E-state index contributed by atoms with van der Waals surface area (Å²) in [4.78, 5) is 0. The molecule has 0 amide bonds. The Balaban J connectivity index is 1.42. The molecule has 144 valence electrons. The van der Waals surface area contributed by atoms with Gasteiger partial charge in [-0.2, -0.15) is 0 Å². The molecule has 0 N–H and O–H groups in total. The lowest BCUT2D eigenvalue weighted by atomic mass is 9.63. The van der Waals surface area contributed by atoms with Crippen LogP contribution in [0.15, 0.2) is 42.5 Å². The van der Waals surface area contributed by atoms with Gasteiger partial charge in [-0.15, -0.1) is 0 Å². The van der Waals surface area contributed by atoms with E-state index in [1.165, 1.54) is 69.1 Å². The minimum absolute atomic E-state index is 0.660. The van der Waals surface area contributed by atoms with Crippen molar-refractivity contribution >= 4 is 0 Å². The quantitative estimate of drug-likeness (QED) is 0.518. The van der Waals surface area contributed by atoms with Crippen molar-refractivity contribution in [2.45, 2.75) is 64.2 Å². The number of fused-ring (bicyclic) bond motifs is 1. The maximum Gasteiger partial charge on any atom is 0.159 e. The fourth-order valence-corrected chi connectivity index (χ4v) is 5.58. The fourth-order valence-electron chi connectivity index (χ4n) is 5.58. The lowest BCUT2D eigenvalue weighted by Crippen LogP contribution is -2.30. The molecule has 0 aliphatic heterocycles. The van der Waals surface area contributed by atoms with Gasteiger partial charge >= 0.3 is 0 Å². The first-order valence-corrected chi connectivity index (χ1v) is 10.7. The van der Waals surface area contributed by atoms with Gasteiger partial charge in [0.05, 0.1) is 0 Å². The molecule has 4 atom stereocenters. The van der Waals surface area contributed by atoms with Gasteiger partial charge in [-0.05, 0) is 84.6 Å². The second-order valence-electron chi connectivity index (χ2n) is 8.75. The topological polar surface area (TPSA) is 0 Å². The average molecular weight is 369 g/mol. The van der Waals surface area contributed by atoms with E-state index in [4.69, 9.17) is 0 Å². The molecule has 2 aliphatic carbocycles. The summed E-state index contributed by atoms with van der Waals surface area (Å²) in [5.41, 5.74) is 3.10. The molecule has 2 heteroatoms. The molecule has 27 heavy (non-hydrogen) atoms. The van der Waals surface area contributed by atoms with E-state index in [1.807, 2.05) is 0 Å². The molecule has 0 spiro atoms. The van der Waals surface area contributed by atoms with Crippen molar-refractivity contribution < 1.29 is 8.78 Å². The summed E-state index contributed by atoms with van der Waals surface area (Å²) >= 11 is 0. The van der Waals surface area contributed by atoms with Crippen LogP contribution in [0, 0.1) is 29.4 Å². The first-order valence-electron chi connectivity index (χ1n) is 10.7. The Bertz CT molecular complexity index is 764. The van der Waals surface area contributed by atoms with E-state index in [0.29, 0.717) is 5.92 Å². The van der Waals surface area contributed by atoms with E-state index in [1.54, 1.807) is 6.07 Å². The monoisotopic (exact) mass is 368 g/mol. The molecule has 0 aromatic heterocycles. The smallest absolute Gasteiger partial charge is 0.159 e. The summed E-state index contributed by atoms with van der Waals surface area (Å²) in [5, 5.41) is 0. The SMILES string of the molecule is CCCC1CCC2CC(c3ccc(-c4ccc(F)c(F)c4)cc3)CCC2C1. The summed E-state index contributed by atoms with van der Waals surface area (Å²) in [6, 6.07) is 12.7. The van der Waals surface area contributed by atoms with E-state index in [2.05, 4.69) is 31.2 Å². The van der Waals surface area contributed by atoms with Crippen LogP contribution in [0.2, 0.25) is 0 Å². The van der Waals surface area contributed by atoms with Gasteiger partial charge in [0.2, 0.25) is 0 Å². The third-order valence-electron chi connectivity index (χ3n) is 7.05. The van der Waals surface area contributed by atoms with Crippen LogP contribution in [0.25, 0.3) is 11.1 Å². The maximum atomic E-state index is 13.5. The normalized spacial score (nSPS) is 28.0. The second kappa shape index (κ2) is 8.12. The van der Waals surface area contributed by atoms with Gasteiger partial charge in [0.1, 0.15) is 0 Å². The van der Waals surface area contributed by atoms with Gasteiger partial charge < -0.3 is 0 Å². The molecule has 0 radical (unpaired) electrons. The van der Waals surface area contributed by atoms with Gasteiger partial charge in [0.15, 0.2) is 11.6 Å². The molecular weight excluding hydrogens is 338 g/mol. The minimum Gasteiger partial charge on any atom is -0.204 e. The van der Waals surface area contributed by atoms with E-state index >= 15 is 0 Å². The van der Waals surface area contributed by atoms with Gasteiger partial charge in [-0.3, -0.25) is 0 Å². The molecule has 0 bridgehead atoms. The molecule has 2 aromatic carbocycles. The van der Waals surface area contributed by atoms with E-state index in [-0.39, 0.29) is 0 Å². The van der Waals surface area contributed by atoms with Crippen molar-refractivity contribution in [1.29, 1.82) is 0 Å². The van der Waals surface area contributed by atoms with Crippen LogP contribution in [-0.2, 0) is 0 Å². The molecule has 2 fully saturated rings. The molecule has 2 aliphatic rings. The van der Waals surface area contributed by atoms with Crippen LogP contribution < -0.4 is 0 Å². The summed E-state index contributed by atoms with van der Waals surface area (Å²) < 4.78 is 26.6. The predicted molar refractivity (Wildman–Crippen MR) is 108 cm³/mol. The third-order valence-corrected chi connectivity index (χ3v) is 7.05. The Hall–Kier alpha value is -1.70. The van der Waals surface area contributed by atoms with Crippen LogP contribution in [0.1, 0.15) is 69.8 Å². The van der Waals surface area contributed by atoms with Crippen molar-refractivity contribution in [3.8, 4) is 11.1 Å². The maximum absolute atomic E-state index is 13.5. The molecule has 2 saturated carbocycles. The summed E-state index contributed by atoms with van der Waals surface area (Å²) in [5.74, 6) is 1.92. The zero-order valence-corrected chi connectivity index (χ0v) is 16.3. The molecule has 0 saturated heterocycles. The number of hydrogen-bond acceptors (Lipinski definition) is 0. The van der Waals surface area contributed by atoms with Crippen molar-refractivity contribution in [1.82, 2.24) is 0 Å². The van der Waals surface area contributed by atoms with Crippen molar-refractivity contribution in [2.75, 3.05) is 0 Å². The zero-order valence-electron chi connectivity index (χ0n) is 16.3. The molecule has 0 heterocycles. The summed E-state index contributed by atoms with van der Waals surface area (Å²) in [6.45, 7) is 2.31. The fraction of sp³-hybridized carbons (Fsp3) is 0.520. The summed E-state index contributed by atoms with van der Waals surface area (Å²) in [7, 11) is 0. The molecule has 4 unspecified atom stereocenters. The second-order valence-corrected chi connectivity index (χ2v) is 8.75. The van der Waals surface area contributed by atoms with Crippen LogP contribution in [-0.4, -0.2) is 0 Å². The molecular formula is C25H30F2. The number of rotatable bonds is 4. The minimum atomic E-state index is -0.791. The molecule has 0 nitrogen and oxygen atoms in total. The van der Waals surface area contributed by atoms with Crippen LogP contribution >= 0.6 is 0 Å². The third kappa shape index (κ3) is 4.10. The number of benzene rings is 2. The highest BCUT2D eigenvalue weighted by atomic mass is 19.2. The van der Waals surface area contributed by atoms with Gasteiger partial charge in [0, 0.05) is 0 Å². The Morgan fingerprint density at radius 2 is 1.48 bits per heavy atom. The van der Waals surface area contributed by atoms with Gasteiger partial charge in [-0.1, -0.05) is 56.5 Å². The van der Waals surface area contributed by atoms with Gasteiger partial charge in [-0.25, -0.2) is 8.78 Å². The first-order chi connectivity index (χ1) is 13.1. The van der Waals surface area contributed by atoms with Crippen molar-refractivity contribution in [3.63, 3.8) is 0 Å². The van der Waals surface area contributed by atoms with Crippen molar-refractivity contribution in [2.24, 2.45) is 17.8 Å². The lowest BCUT2D eigenvalue weighted by molar-refractivity contribution is 0.114. The van der Waals surface area contributed by atoms with E-state index in [9.17, 15) is 8.78 Å². The Morgan fingerprint density at radius 1 is 0.778 bits per heavy atom. The van der Waals surface area contributed by atoms with Crippen LogP contribution in [0.5, 0.6) is 0 Å². The van der Waals surface area contributed by atoms with E-state index < -0.39 is 11.6 Å². The van der Waals surface area contributed by atoms with E-state index in [0.717, 1.165) is 28.9 Å². The number of halogens is 2. The Morgan fingerprint density at radius 3 is 2.22 bits per heavy atom. The Kier molecular flexibility index (Phi) is 5.61. The zero-order chi connectivity index (χ0) is 18.8. The lowest BCUT2D eigenvalue weighted by Gasteiger charge is -2.42. The molecule has 2 aromatic rings. The van der Waals surface area contributed by atoms with Crippen LogP contribution in [0.3, 0.4) is 0 Å². The predicted octanol–water partition coefficient (Wildman–Crippen LogP) is 7.73. The highest BCUT2D eigenvalue weighted by Gasteiger charge is 2.35. The highest BCUT2D eigenvalue weighted by Crippen LogP contribution is 2.48. The summed E-state index contributed by atoms with van der Waals surface area (Å²) in [6.07, 6.45) is 11.0. The highest BCUT2D eigenvalue weighted by molar-refractivity contribution is 5.63. The molecule has 4 rings (SSSR count). The average Bonchev–Trinajstić information content (AvgIpc) is 2.70. The van der Waals surface area contributed by atoms with Crippen molar-refractivity contribution in [3.05, 3.63) is 59.7 Å².